The first-order valence-electron chi connectivity index (χ1n) is 25.0. The monoisotopic (exact) mass is 1010 g/mol. The molecular formula is C49H84O17P2. The van der Waals surface area contributed by atoms with Crippen molar-refractivity contribution in [3.8, 4) is 0 Å². The Morgan fingerprint density at radius 2 is 1.03 bits per heavy atom. The third kappa shape index (κ3) is 29.8. The maximum atomic E-state index is 13.0. The van der Waals surface area contributed by atoms with Crippen LogP contribution in [0.25, 0.3) is 0 Å². The third-order valence-electron chi connectivity index (χ3n) is 11.5. The van der Waals surface area contributed by atoms with E-state index in [0.29, 0.717) is 31.5 Å². The molecule has 17 nitrogen and oxygen atoms in total. The lowest BCUT2D eigenvalue weighted by Gasteiger charge is -2.43. The first-order chi connectivity index (χ1) is 32.6. The first-order valence-corrected chi connectivity index (χ1v) is 28.0. The van der Waals surface area contributed by atoms with Crippen LogP contribution in [0.1, 0.15) is 168 Å². The zero-order valence-electron chi connectivity index (χ0n) is 40.5. The van der Waals surface area contributed by atoms with Gasteiger partial charge in [0, 0.05) is 12.8 Å². The van der Waals surface area contributed by atoms with E-state index in [1.807, 2.05) is 0 Å². The number of epoxide rings is 1. The highest BCUT2D eigenvalue weighted by atomic mass is 31.2. The quantitative estimate of drug-likeness (QED) is 0.00993. The van der Waals surface area contributed by atoms with Gasteiger partial charge in [-0.05, 0) is 83.5 Å². The molecule has 2 aliphatic rings. The van der Waals surface area contributed by atoms with Crippen LogP contribution in [0, 0.1) is 0 Å². The van der Waals surface area contributed by atoms with E-state index in [4.69, 9.17) is 23.3 Å². The van der Waals surface area contributed by atoms with Crippen LogP contribution in [0.4, 0.5) is 0 Å². The number of phosphoric acid groups is 2. The predicted octanol–water partition coefficient (Wildman–Crippen LogP) is 8.83. The van der Waals surface area contributed by atoms with Crippen molar-refractivity contribution in [2.75, 3.05) is 13.2 Å². The molecule has 1 saturated carbocycles. The van der Waals surface area contributed by atoms with Crippen LogP contribution in [-0.2, 0) is 46.5 Å². The molecule has 1 aliphatic carbocycles. The van der Waals surface area contributed by atoms with Crippen molar-refractivity contribution in [1.29, 1.82) is 0 Å². The zero-order chi connectivity index (χ0) is 50.0. The van der Waals surface area contributed by atoms with Crippen molar-refractivity contribution in [2.24, 2.45) is 0 Å². The lowest BCUT2D eigenvalue weighted by molar-refractivity contribution is -0.216. The number of aliphatic hydroxyl groups is 4. The van der Waals surface area contributed by atoms with Crippen molar-refractivity contribution < 1.29 is 81.6 Å². The highest BCUT2D eigenvalue weighted by molar-refractivity contribution is 7.47. The fourth-order valence-electron chi connectivity index (χ4n) is 7.49. The van der Waals surface area contributed by atoms with Gasteiger partial charge in [-0.15, -0.1) is 0 Å². The van der Waals surface area contributed by atoms with Gasteiger partial charge in [-0.25, -0.2) is 9.13 Å². The predicted molar refractivity (Wildman–Crippen MR) is 259 cm³/mol. The first kappa shape index (κ1) is 61.8. The second-order valence-corrected chi connectivity index (χ2v) is 20.2. The van der Waals surface area contributed by atoms with Gasteiger partial charge in [-0.1, -0.05) is 132 Å². The molecule has 0 spiro atoms. The summed E-state index contributed by atoms with van der Waals surface area (Å²) in [5.41, 5.74) is 0. The number of unbranched alkanes of at least 4 members (excludes halogenated alkanes) is 13. The van der Waals surface area contributed by atoms with Crippen LogP contribution in [0.5, 0.6) is 0 Å². The maximum absolute atomic E-state index is 13.0. The zero-order valence-corrected chi connectivity index (χ0v) is 42.3. The highest BCUT2D eigenvalue weighted by Gasteiger charge is 2.54. The van der Waals surface area contributed by atoms with E-state index in [-0.39, 0.29) is 12.8 Å². The van der Waals surface area contributed by atoms with Gasteiger partial charge in [-0.2, -0.15) is 0 Å². The fourth-order valence-corrected chi connectivity index (χ4v) is 9.02. The van der Waals surface area contributed by atoms with Crippen LogP contribution in [0.15, 0.2) is 60.8 Å². The minimum atomic E-state index is -5.37. The standard InChI is InChI=1S/C49H84O17P2/c1-3-5-7-8-9-10-11-12-13-14-15-16-17-18-19-20-25-28-32-36-43(51)63-39(38-62-68(59,60)66-49-46(54)44(52)45(53)48(47(49)55)65-67(56,57)58)37-61-42(50)35-31-27-24-22-21-23-26-30-34-41-40(64-41)33-29-6-4-2/h9-10,12-13,15-16,18-19,26,30,39-41,44-49,52-55H,3-8,11,14,17,20-25,27-29,31-38H2,1-2H3,(H,59,60)(H2,56,57,58)/b10-9-,13-12-,16-15-,19-18-,30-26-/t39-,40?,41?,44?,45?,46?,47?,48-,49+/m1/s1. The van der Waals surface area contributed by atoms with E-state index in [0.717, 1.165) is 83.5 Å². The Balaban J connectivity index is 1.79. The van der Waals surface area contributed by atoms with Gasteiger partial charge in [0.15, 0.2) is 6.10 Å². The second kappa shape index (κ2) is 36.6. The smallest absolute Gasteiger partial charge is 0.462 e. The molecule has 2 rings (SSSR count). The molecule has 0 bridgehead atoms. The van der Waals surface area contributed by atoms with Gasteiger partial charge in [0.1, 0.15) is 43.2 Å². The van der Waals surface area contributed by atoms with Crippen LogP contribution in [-0.4, -0.2) is 115 Å². The van der Waals surface area contributed by atoms with Crippen LogP contribution in [0.3, 0.4) is 0 Å². The van der Waals surface area contributed by atoms with Gasteiger partial charge in [0.25, 0.3) is 0 Å². The number of hydrogen-bond donors (Lipinski definition) is 7. The number of aliphatic hydroxyl groups excluding tert-OH is 4. The molecule has 19 heteroatoms. The molecule has 1 aliphatic heterocycles. The second-order valence-electron chi connectivity index (χ2n) is 17.6. The van der Waals surface area contributed by atoms with E-state index < -0.39 is 83.5 Å². The lowest BCUT2D eigenvalue weighted by atomic mass is 9.85. The number of carbonyl (C=O) groups is 2. The summed E-state index contributed by atoms with van der Waals surface area (Å²) >= 11 is 0. The molecule has 68 heavy (non-hydrogen) atoms. The Morgan fingerprint density at radius 1 is 0.544 bits per heavy atom. The average Bonchev–Trinajstić information content (AvgIpc) is 4.05. The summed E-state index contributed by atoms with van der Waals surface area (Å²) in [7, 11) is -10.7. The lowest BCUT2D eigenvalue weighted by Crippen LogP contribution is -2.64. The Hall–Kier alpha value is -2.34. The largest absolute Gasteiger partial charge is 0.472 e. The number of ether oxygens (including phenoxy) is 3. The number of hydrogen-bond acceptors (Lipinski definition) is 14. The summed E-state index contributed by atoms with van der Waals surface area (Å²) in [6.45, 7) is 3.01. The molecule has 0 aromatic rings. The minimum absolute atomic E-state index is 0.00169. The van der Waals surface area contributed by atoms with Crippen molar-refractivity contribution in [2.45, 2.75) is 223 Å². The third-order valence-corrected chi connectivity index (χ3v) is 13.0. The van der Waals surface area contributed by atoms with E-state index >= 15 is 0 Å². The number of esters is 2. The normalized spacial score (nSPS) is 24.7. The number of allylic oxidation sites excluding steroid dienone is 9. The summed E-state index contributed by atoms with van der Waals surface area (Å²) < 4.78 is 55.1. The topological polar surface area (TPSA) is 269 Å². The SMILES string of the molecule is CCCCC/C=C\C/C=C\C/C=C\C/C=C\CCCCCC(=O)O[C@H](COC(=O)CCCCCCC/C=C\CC1OC1CCCCC)COP(=O)(O)O[C@H]1C(O)C(O)C(O)[C@@H](OP(=O)(O)O)C1O. The molecule has 10 atom stereocenters. The Labute approximate surface area is 404 Å². The molecular weight excluding hydrogens is 922 g/mol. The van der Waals surface area contributed by atoms with Gasteiger partial charge < -0.3 is 49.3 Å². The molecule has 0 aromatic carbocycles. The van der Waals surface area contributed by atoms with Crippen molar-refractivity contribution in [1.82, 2.24) is 0 Å². The molecule has 0 aromatic heterocycles. The number of rotatable bonds is 40. The number of carbonyl (C=O) groups excluding carboxylic acids is 2. The average molecular weight is 1010 g/mol. The van der Waals surface area contributed by atoms with E-state index in [1.165, 1.54) is 38.5 Å². The van der Waals surface area contributed by atoms with E-state index in [2.05, 4.69) is 79.1 Å². The fraction of sp³-hybridized carbons (Fsp3) is 0.755. The highest BCUT2D eigenvalue weighted by Crippen LogP contribution is 2.49. The van der Waals surface area contributed by atoms with Crippen LogP contribution < -0.4 is 0 Å². The van der Waals surface area contributed by atoms with Gasteiger partial charge in [0.05, 0.1) is 18.8 Å². The maximum Gasteiger partial charge on any atom is 0.472 e. The molecule has 0 radical (unpaired) electrons. The molecule has 1 heterocycles. The molecule has 392 valence electrons. The van der Waals surface area contributed by atoms with E-state index in [9.17, 15) is 53.8 Å². The summed E-state index contributed by atoms with van der Waals surface area (Å²) in [5.74, 6) is -1.27. The van der Waals surface area contributed by atoms with Gasteiger partial charge in [0.2, 0.25) is 0 Å². The Kier molecular flexibility index (Phi) is 33.2. The summed E-state index contributed by atoms with van der Waals surface area (Å²) in [5, 5.41) is 41.3. The summed E-state index contributed by atoms with van der Waals surface area (Å²) in [4.78, 5) is 54.4. The summed E-state index contributed by atoms with van der Waals surface area (Å²) in [6.07, 6.45) is 29.1. The molecule has 7 unspecified atom stereocenters. The molecule has 7 N–H and O–H groups in total. The van der Waals surface area contributed by atoms with Crippen molar-refractivity contribution >= 4 is 27.6 Å². The number of phosphoric ester groups is 2. The summed E-state index contributed by atoms with van der Waals surface area (Å²) in [6, 6.07) is 0. The Bertz CT molecular complexity index is 1610. The van der Waals surface area contributed by atoms with E-state index in [1.54, 1.807) is 0 Å². The van der Waals surface area contributed by atoms with Crippen molar-refractivity contribution in [3.05, 3.63) is 60.8 Å². The molecule has 1 saturated heterocycles. The van der Waals surface area contributed by atoms with Gasteiger partial charge >= 0.3 is 27.6 Å². The van der Waals surface area contributed by atoms with Crippen LogP contribution >= 0.6 is 15.6 Å². The van der Waals surface area contributed by atoms with Gasteiger partial charge in [-0.3, -0.25) is 23.2 Å². The Morgan fingerprint density at radius 3 is 1.62 bits per heavy atom. The molecule has 2 fully saturated rings. The van der Waals surface area contributed by atoms with Crippen molar-refractivity contribution in [3.63, 3.8) is 0 Å². The van der Waals surface area contributed by atoms with Crippen LogP contribution in [0.2, 0.25) is 0 Å². The molecule has 0 amide bonds. The minimum Gasteiger partial charge on any atom is -0.462 e.